The Morgan fingerprint density at radius 1 is 1.33 bits per heavy atom. The molecule has 1 fully saturated rings. The van der Waals surface area contributed by atoms with Crippen molar-refractivity contribution in [1.82, 2.24) is 0 Å². The van der Waals surface area contributed by atoms with Crippen molar-refractivity contribution in [2.45, 2.75) is 26.7 Å². The largest absolute Gasteiger partial charge is 0.371 e. The molecule has 0 aromatic heterocycles. The Labute approximate surface area is 125 Å². The van der Waals surface area contributed by atoms with Crippen molar-refractivity contribution in [3.63, 3.8) is 0 Å². The predicted octanol–water partition coefficient (Wildman–Crippen LogP) is 3.25. The fourth-order valence-corrected chi connectivity index (χ4v) is 2.58. The summed E-state index contributed by atoms with van der Waals surface area (Å²) in [6, 6.07) is 5.63. The van der Waals surface area contributed by atoms with E-state index in [1.54, 1.807) is 6.07 Å². The molecule has 4 nitrogen and oxygen atoms in total. The lowest BCUT2D eigenvalue weighted by molar-refractivity contribution is -0.111. The number of piperidine rings is 1. The van der Waals surface area contributed by atoms with Gasteiger partial charge in [-0.25, -0.2) is 0 Å². The molecule has 1 aliphatic heterocycles. The van der Waals surface area contributed by atoms with E-state index >= 15 is 0 Å². The lowest BCUT2D eigenvalue weighted by Gasteiger charge is -2.32. The van der Waals surface area contributed by atoms with Gasteiger partial charge in [0, 0.05) is 24.3 Å². The van der Waals surface area contributed by atoms with Gasteiger partial charge in [0.1, 0.15) is 0 Å². The van der Waals surface area contributed by atoms with Gasteiger partial charge in [-0.3, -0.25) is 9.59 Å². The van der Waals surface area contributed by atoms with Gasteiger partial charge >= 0.3 is 0 Å². The molecule has 1 N–H and O–H groups in total. The molecule has 0 unspecified atom stereocenters. The molecule has 0 saturated carbocycles. The number of hydrogen-bond donors (Lipinski definition) is 1. The van der Waals surface area contributed by atoms with Crippen molar-refractivity contribution in [1.29, 1.82) is 0 Å². The summed E-state index contributed by atoms with van der Waals surface area (Å²) in [7, 11) is 0. The van der Waals surface area contributed by atoms with Crippen LogP contribution in [0.5, 0.6) is 0 Å². The zero-order valence-electron chi connectivity index (χ0n) is 12.7. The SMILES string of the molecule is C=CC(=O)Nc1ccc(N2CCC(C)CC2)cc1C(C)=O. The third-order valence-corrected chi connectivity index (χ3v) is 3.97. The van der Waals surface area contributed by atoms with E-state index in [9.17, 15) is 9.59 Å². The van der Waals surface area contributed by atoms with Crippen LogP contribution >= 0.6 is 0 Å². The number of carbonyl (C=O) groups excluding carboxylic acids is 2. The minimum atomic E-state index is -0.308. The maximum absolute atomic E-state index is 11.8. The molecule has 0 radical (unpaired) electrons. The first-order valence-corrected chi connectivity index (χ1v) is 7.34. The number of nitrogens with one attached hydrogen (secondary N) is 1. The zero-order chi connectivity index (χ0) is 15.4. The third kappa shape index (κ3) is 3.72. The molecule has 112 valence electrons. The van der Waals surface area contributed by atoms with Crippen LogP contribution in [-0.4, -0.2) is 24.8 Å². The Morgan fingerprint density at radius 3 is 2.57 bits per heavy atom. The highest BCUT2D eigenvalue weighted by atomic mass is 16.1. The van der Waals surface area contributed by atoms with Gasteiger partial charge in [-0.05, 0) is 50.0 Å². The van der Waals surface area contributed by atoms with Crippen molar-refractivity contribution in [2.24, 2.45) is 5.92 Å². The van der Waals surface area contributed by atoms with Gasteiger partial charge in [-0.15, -0.1) is 0 Å². The van der Waals surface area contributed by atoms with Gasteiger partial charge in [0.25, 0.3) is 0 Å². The summed E-state index contributed by atoms with van der Waals surface area (Å²) < 4.78 is 0. The monoisotopic (exact) mass is 286 g/mol. The molecular weight excluding hydrogens is 264 g/mol. The van der Waals surface area contributed by atoms with E-state index in [1.165, 1.54) is 25.8 Å². The fraction of sp³-hybridized carbons (Fsp3) is 0.412. The van der Waals surface area contributed by atoms with Crippen LogP contribution in [0, 0.1) is 5.92 Å². The molecule has 1 aliphatic rings. The highest BCUT2D eigenvalue weighted by Gasteiger charge is 2.18. The predicted molar refractivity (Wildman–Crippen MR) is 85.9 cm³/mol. The number of rotatable bonds is 4. The number of anilines is 2. The second-order valence-corrected chi connectivity index (χ2v) is 5.65. The maximum Gasteiger partial charge on any atom is 0.247 e. The summed E-state index contributed by atoms with van der Waals surface area (Å²) in [5.41, 5.74) is 2.13. The van der Waals surface area contributed by atoms with Crippen LogP contribution in [0.3, 0.4) is 0 Å². The molecule has 1 aromatic carbocycles. The highest BCUT2D eigenvalue weighted by molar-refractivity contribution is 6.06. The normalized spacial score (nSPS) is 15.6. The van der Waals surface area contributed by atoms with Gasteiger partial charge in [-0.2, -0.15) is 0 Å². The molecule has 0 bridgehead atoms. The number of hydrogen-bond acceptors (Lipinski definition) is 3. The first-order chi connectivity index (χ1) is 10.0. The quantitative estimate of drug-likeness (QED) is 0.683. The van der Waals surface area contributed by atoms with Crippen LogP contribution in [0.25, 0.3) is 0 Å². The third-order valence-electron chi connectivity index (χ3n) is 3.97. The Balaban J connectivity index is 2.25. The summed E-state index contributed by atoms with van der Waals surface area (Å²) in [6.07, 6.45) is 3.54. The number of amides is 1. The first-order valence-electron chi connectivity index (χ1n) is 7.34. The average Bonchev–Trinajstić information content (AvgIpc) is 2.48. The van der Waals surface area contributed by atoms with E-state index in [2.05, 4.69) is 23.7 Å². The Morgan fingerprint density at radius 2 is 2.00 bits per heavy atom. The van der Waals surface area contributed by atoms with Crippen LogP contribution in [0.4, 0.5) is 11.4 Å². The Kier molecular flexibility index (Phi) is 4.78. The number of nitrogens with zero attached hydrogens (tertiary/aromatic N) is 1. The lowest BCUT2D eigenvalue weighted by atomic mass is 9.98. The van der Waals surface area contributed by atoms with Crippen LogP contribution < -0.4 is 10.2 Å². The molecule has 4 heteroatoms. The molecule has 1 saturated heterocycles. The molecule has 0 aliphatic carbocycles. The lowest BCUT2D eigenvalue weighted by Crippen LogP contribution is -2.32. The second-order valence-electron chi connectivity index (χ2n) is 5.65. The smallest absolute Gasteiger partial charge is 0.247 e. The molecule has 0 spiro atoms. The van der Waals surface area contributed by atoms with E-state index in [-0.39, 0.29) is 11.7 Å². The average molecular weight is 286 g/mol. The Bertz CT molecular complexity index is 558. The van der Waals surface area contributed by atoms with E-state index in [0.29, 0.717) is 11.3 Å². The fourth-order valence-electron chi connectivity index (χ4n) is 2.58. The topological polar surface area (TPSA) is 49.4 Å². The van der Waals surface area contributed by atoms with E-state index in [4.69, 9.17) is 0 Å². The first kappa shape index (κ1) is 15.3. The van der Waals surface area contributed by atoms with Crippen molar-refractivity contribution >= 4 is 23.1 Å². The van der Waals surface area contributed by atoms with Crippen LogP contribution in [0.2, 0.25) is 0 Å². The molecule has 21 heavy (non-hydrogen) atoms. The van der Waals surface area contributed by atoms with Crippen LogP contribution in [0.1, 0.15) is 37.0 Å². The summed E-state index contributed by atoms with van der Waals surface area (Å²) in [5.74, 6) is 0.401. The van der Waals surface area contributed by atoms with Crippen LogP contribution in [0.15, 0.2) is 30.9 Å². The van der Waals surface area contributed by atoms with E-state index in [1.807, 2.05) is 12.1 Å². The molecule has 0 atom stereocenters. The van der Waals surface area contributed by atoms with Gasteiger partial charge in [0.15, 0.2) is 5.78 Å². The number of ketones is 1. The molecule has 1 aromatic rings. The Hall–Kier alpha value is -2.10. The van der Waals surface area contributed by atoms with Crippen LogP contribution in [-0.2, 0) is 4.79 Å². The summed E-state index contributed by atoms with van der Waals surface area (Å²) in [6.45, 7) is 9.23. The van der Waals surface area contributed by atoms with E-state index in [0.717, 1.165) is 24.7 Å². The number of Topliss-reactive ketones (excluding diaryl/α,β-unsaturated/α-hetero) is 1. The van der Waals surface area contributed by atoms with E-state index < -0.39 is 0 Å². The zero-order valence-corrected chi connectivity index (χ0v) is 12.7. The minimum absolute atomic E-state index is 0.0541. The summed E-state index contributed by atoms with van der Waals surface area (Å²) in [4.78, 5) is 25.6. The van der Waals surface area contributed by atoms with Gasteiger partial charge in [0.2, 0.25) is 5.91 Å². The number of benzene rings is 1. The minimum Gasteiger partial charge on any atom is -0.371 e. The summed E-state index contributed by atoms with van der Waals surface area (Å²) in [5, 5.41) is 2.68. The summed E-state index contributed by atoms with van der Waals surface area (Å²) >= 11 is 0. The molecule has 1 amide bonds. The molecule has 1 heterocycles. The van der Waals surface area contributed by atoms with Gasteiger partial charge in [-0.1, -0.05) is 13.5 Å². The van der Waals surface area contributed by atoms with Crippen molar-refractivity contribution in [2.75, 3.05) is 23.3 Å². The molecule has 2 rings (SSSR count). The second kappa shape index (κ2) is 6.57. The van der Waals surface area contributed by atoms with Crippen molar-refractivity contribution in [3.8, 4) is 0 Å². The maximum atomic E-state index is 11.8. The number of carbonyl (C=O) groups is 2. The van der Waals surface area contributed by atoms with Crippen molar-refractivity contribution in [3.05, 3.63) is 36.4 Å². The highest BCUT2D eigenvalue weighted by Crippen LogP contribution is 2.27. The van der Waals surface area contributed by atoms with Gasteiger partial charge in [0.05, 0.1) is 5.69 Å². The van der Waals surface area contributed by atoms with Crippen molar-refractivity contribution < 1.29 is 9.59 Å². The van der Waals surface area contributed by atoms with Gasteiger partial charge < -0.3 is 10.2 Å². The standard InChI is InChI=1S/C17H22N2O2/c1-4-17(21)18-16-6-5-14(11-15(16)13(3)20)19-9-7-12(2)8-10-19/h4-6,11-12H,1,7-10H2,2-3H3,(H,18,21). The molecular formula is C17H22N2O2.